The number of rotatable bonds is 11. The molecule has 0 N–H and O–H groups in total. The molecule has 9 nitrogen and oxygen atoms in total. The Morgan fingerprint density at radius 3 is 2.50 bits per heavy atom. The maximum absolute atomic E-state index is 13.5. The molecule has 0 saturated carbocycles. The van der Waals surface area contributed by atoms with E-state index in [-0.39, 0.29) is 24.6 Å². The van der Waals surface area contributed by atoms with Crippen LogP contribution in [0.2, 0.25) is 0 Å². The SMILES string of the molecule is C=COC(=O)COc1cccc(CN(Cc2ccc(-n3cccn3)cc2)S(=O)(=O)c2cccnc2)c1. The lowest BCUT2D eigenvalue weighted by atomic mass is 10.2. The fourth-order valence-electron chi connectivity index (χ4n) is 3.46. The Balaban J connectivity index is 1.58. The van der Waals surface area contributed by atoms with Gasteiger partial charge in [-0.15, -0.1) is 0 Å². The molecule has 0 unspecified atom stereocenters. The number of esters is 1. The lowest BCUT2D eigenvalue weighted by Gasteiger charge is -2.23. The van der Waals surface area contributed by atoms with Crippen molar-refractivity contribution in [3.05, 3.63) is 115 Å². The third-order valence-electron chi connectivity index (χ3n) is 5.17. The van der Waals surface area contributed by atoms with E-state index in [9.17, 15) is 13.2 Å². The molecule has 0 spiro atoms. The quantitative estimate of drug-likeness (QED) is 0.226. The summed E-state index contributed by atoms with van der Waals surface area (Å²) in [5, 5.41) is 4.21. The van der Waals surface area contributed by atoms with E-state index in [1.54, 1.807) is 41.2 Å². The highest BCUT2D eigenvalue weighted by Gasteiger charge is 2.25. The van der Waals surface area contributed by atoms with E-state index in [0.717, 1.165) is 17.5 Å². The number of nitrogens with zero attached hydrogens (tertiary/aromatic N) is 4. The number of aromatic nitrogens is 3. The summed E-state index contributed by atoms with van der Waals surface area (Å²) in [6.07, 6.45) is 7.41. The molecule has 0 bridgehead atoms. The Hall–Kier alpha value is -4.28. The molecule has 4 rings (SSSR count). The highest BCUT2D eigenvalue weighted by atomic mass is 32.2. The predicted octanol–water partition coefficient (Wildman–Crippen LogP) is 3.72. The Bertz CT molecular complexity index is 1410. The molecule has 36 heavy (non-hydrogen) atoms. The zero-order valence-corrected chi connectivity index (χ0v) is 20.1. The fraction of sp³-hybridized carbons (Fsp3) is 0.115. The topological polar surface area (TPSA) is 104 Å². The summed E-state index contributed by atoms with van der Waals surface area (Å²) in [6, 6.07) is 19.3. The second-order valence-electron chi connectivity index (χ2n) is 7.67. The van der Waals surface area contributed by atoms with Gasteiger partial charge in [0.05, 0.1) is 11.9 Å². The summed E-state index contributed by atoms with van der Waals surface area (Å²) >= 11 is 0. The molecule has 10 heteroatoms. The molecule has 0 aliphatic rings. The molecule has 0 atom stereocenters. The first-order chi connectivity index (χ1) is 17.5. The van der Waals surface area contributed by atoms with Crippen LogP contribution in [-0.2, 0) is 32.6 Å². The van der Waals surface area contributed by atoms with Crippen molar-refractivity contribution >= 4 is 16.0 Å². The largest absolute Gasteiger partial charge is 0.482 e. The van der Waals surface area contributed by atoms with Gasteiger partial charge < -0.3 is 9.47 Å². The van der Waals surface area contributed by atoms with Crippen LogP contribution in [0.4, 0.5) is 0 Å². The molecule has 0 amide bonds. The number of ether oxygens (including phenoxy) is 2. The molecule has 184 valence electrons. The van der Waals surface area contributed by atoms with E-state index in [1.165, 1.54) is 22.8 Å². The summed E-state index contributed by atoms with van der Waals surface area (Å²) < 4.78 is 40.3. The van der Waals surface area contributed by atoms with Crippen molar-refractivity contribution in [3.8, 4) is 11.4 Å². The zero-order chi connectivity index (χ0) is 25.4. The van der Waals surface area contributed by atoms with Crippen LogP contribution in [0.1, 0.15) is 11.1 Å². The molecule has 0 radical (unpaired) electrons. The van der Waals surface area contributed by atoms with Crippen molar-refractivity contribution in [1.29, 1.82) is 0 Å². The lowest BCUT2D eigenvalue weighted by molar-refractivity contribution is -0.140. The van der Waals surface area contributed by atoms with E-state index in [0.29, 0.717) is 11.3 Å². The molecule has 4 aromatic rings. The molecule has 0 aliphatic carbocycles. The Kier molecular flexibility index (Phi) is 7.89. The maximum Gasteiger partial charge on any atom is 0.348 e. The first-order valence-corrected chi connectivity index (χ1v) is 12.4. The summed E-state index contributed by atoms with van der Waals surface area (Å²) in [5.74, 6) is -0.175. The minimum absolute atomic E-state index is 0.0758. The Morgan fingerprint density at radius 2 is 1.81 bits per heavy atom. The second kappa shape index (κ2) is 11.4. The summed E-state index contributed by atoms with van der Waals surface area (Å²) in [5.41, 5.74) is 2.36. The van der Waals surface area contributed by atoms with Crippen LogP contribution in [0.25, 0.3) is 5.69 Å². The van der Waals surface area contributed by atoms with Gasteiger partial charge in [-0.05, 0) is 53.6 Å². The third-order valence-corrected chi connectivity index (χ3v) is 6.94. The van der Waals surface area contributed by atoms with Gasteiger partial charge in [0.2, 0.25) is 10.0 Å². The molecule has 2 aromatic carbocycles. The number of carbonyl (C=O) groups is 1. The minimum Gasteiger partial charge on any atom is -0.482 e. The van der Waals surface area contributed by atoms with Gasteiger partial charge in [-0.2, -0.15) is 9.40 Å². The smallest absolute Gasteiger partial charge is 0.348 e. The summed E-state index contributed by atoms with van der Waals surface area (Å²) in [6.45, 7) is 3.24. The van der Waals surface area contributed by atoms with E-state index in [1.807, 2.05) is 36.5 Å². The molecule has 0 fully saturated rings. The van der Waals surface area contributed by atoms with Gasteiger partial charge in [-0.1, -0.05) is 30.8 Å². The summed E-state index contributed by atoms with van der Waals surface area (Å²) in [7, 11) is -3.87. The van der Waals surface area contributed by atoms with Gasteiger partial charge in [0.1, 0.15) is 10.6 Å². The van der Waals surface area contributed by atoms with E-state index >= 15 is 0 Å². The van der Waals surface area contributed by atoms with Gasteiger partial charge in [0.25, 0.3) is 0 Å². The predicted molar refractivity (Wildman–Crippen MR) is 132 cm³/mol. The molecule has 0 saturated heterocycles. The number of pyridine rings is 1. The molecular weight excluding hydrogens is 480 g/mol. The average Bonchev–Trinajstić information content (AvgIpc) is 3.44. The number of hydrogen-bond acceptors (Lipinski definition) is 7. The number of sulfonamides is 1. The second-order valence-corrected chi connectivity index (χ2v) is 9.61. The van der Waals surface area contributed by atoms with Crippen LogP contribution < -0.4 is 4.74 Å². The first kappa shape index (κ1) is 24.8. The zero-order valence-electron chi connectivity index (χ0n) is 19.3. The van der Waals surface area contributed by atoms with Gasteiger partial charge in [-0.3, -0.25) is 4.98 Å². The molecular formula is C26H24N4O5S. The van der Waals surface area contributed by atoms with Crippen LogP contribution in [-0.4, -0.2) is 40.1 Å². The number of hydrogen-bond donors (Lipinski definition) is 0. The monoisotopic (exact) mass is 504 g/mol. The maximum atomic E-state index is 13.5. The average molecular weight is 505 g/mol. The Labute approximate surface area is 209 Å². The van der Waals surface area contributed by atoms with Crippen LogP contribution >= 0.6 is 0 Å². The third kappa shape index (κ3) is 6.23. The lowest BCUT2D eigenvalue weighted by Crippen LogP contribution is -2.30. The van der Waals surface area contributed by atoms with E-state index in [4.69, 9.17) is 4.74 Å². The van der Waals surface area contributed by atoms with Crippen LogP contribution in [0.15, 0.2) is 109 Å². The van der Waals surface area contributed by atoms with Crippen LogP contribution in [0.5, 0.6) is 5.75 Å². The van der Waals surface area contributed by atoms with Gasteiger partial charge in [0.15, 0.2) is 6.61 Å². The van der Waals surface area contributed by atoms with E-state index < -0.39 is 16.0 Å². The van der Waals surface area contributed by atoms with Gasteiger partial charge >= 0.3 is 5.97 Å². The normalized spacial score (nSPS) is 11.2. The highest BCUT2D eigenvalue weighted by Crippen LogP contribution is 2.23. The van der Waals surface area contributed by atoms with Gasteiger partial charge in [-0.25, -0.2) is 17.9 Å². The minimum atomic E-state index is -3.87. The molecule has 2 aromatic heterocycles. The van der Waals surface area contributed by atoms with Crippen molar-refractivity contribution in [2.45, 2.75) is 18.0 Å². The fourth-order valence-corrected chi connectivity index (χ4v) is 4.84. The van der Waals surface area contributed by atoms with Gasteiger partial charge in [0, 0.05) is 37.9 Å². The highest BCUT2D eigenvalue weighted by molar-refractivity contribution is 7.89. The molecule has 2 heterocycles. The van der Waals surface area contributed by atoms with Crippen LogP contribution in [0.3, 0.4) is 0 Å². The van der Waals surface area contributed by atoms with Crippen molar-refractivity contribution in [2.75, 3.05) is 6.61 Å². The standard InChI is InChI=1S/C26H24N4O5S/c1-2-34-26(31)20-35-24-7-3-6-22(16-24)19-29(36(32,33)25-8-4-13-27-17-25)18-21-9-11-23(12-10-21)30-15-5-14-28-30/h2-17H,1,18-20H2. The summed E-state index contributed by atoms with van der Waals surface area (Å²) in [4.78, 5) is 15.6. The molecule has 0 aliphatic heterocycles. The van der Waals surface area contributed by atoms with Crippen molar-refractivity contribution in [1.82, 2.24) is 19.1 Å². The van der Waals surface area contributed by atoms with Crippen molar-refractivity contribution in [2.24, 2.45) is 0 Å². The van der Waals surface area contributed by atoms with Crippen LogP contribution in [0, 0.1) is 0 Å². The number of carbonyl (C=O) groups excluding carboxylic acids is 1. The Morgan fingerprint density at radius 1 is 1.00 bits per heavy atom. The number of benzene rings is 2. The van der Waals surface area contributed by atoms with Crippen molar-refractivity contribution in [3.63, 3.8) is 0 Å². The van der Waals surface area contributed by atoms with Crippen molar-refractivity contribution < 1.29 is 22.7 Å². The first-order valence-electron chi connectivity index (χ1n) is 11.0. The van der Waals surface area contributed by atoms with E-state index in [2.05, 4.69) is 21.4 Å².